The van der Waals surface area contributed by atoms with Gasteiger partial charge in [-0.2, -0.15) is 5.10 Å². The van der Waals surface area contributed by atoms with E-state index in [-0.39, 0.29) is 12.5 Å². The highest BCUT2D eigenvalue weighted by atomic mass is 79.9. The Bertz CT molecular complexity index is 667. The van der Waals surface area contributed by atoms with Crippen molar-refractivity contribution in [2.45, 2.75) is 0 Å². The van der Waals surface area contributed by atoms with Gasteiger partial charge in [0.2, 0.25) is 0 Å². The van der Waals surface area contributed by atoms with Crippen LogP contribution in [0.2, 0.25) is 0 Å². The summed E-state index contributed by atoms with van der Waals surface area (Å²) < 4.78 is 7.87. The maximum atomic E-state index is 11.7. The van der Waals surface area contributed by atoms with Crippen LogP contribution in [-0.4, -0.2) is 18.7 Å². The number of ether oxygens (including phenoxy) is 1. The minimum Gasteiger partial charge on any atom is -0.481 e. The van der Waals surface area contributed by atoms with E-state index in [1.807, 2.05) is 42.5 Å². The van der Waals surface area contributed by atoms with Crippen LogP contribution in [0, 0.1) is 0 Å². The number of carbonyl (C=O) groups excluding carboxylic acids is 1. The third kappa shape index (κ3) is 5.23. The molecule has 0 saturated carbocycles. The molecular formula is C15H11Br3N2O2. The first kappa shape index (κ1) is 17.2. The summed E-state index contributed by atoms with van der Waals surface area (Å²) in [5.41, 5.74) is 3.32. The zero-order valence-corrected chi connectivity index (χ0v) is 16.0. The van der Waals surface area contributed by atoms with Crippen LogP contribution in [0.3, 0.4) is 0 Å². The van der Waals surface area contributed by atoms with E-state index >= 15 is 0 Å². The molecule has 0 atom stereocenters. The van der Waals surface area contributed by atoms with E-state index in [4.69, 9.17) is 4.74 Å². The fourth-order valence-electron chi connectivity index (χ4n) is 1.55. The highest BCUT2D eigenvalue weighted by Crippen LogP contribution is 2.36. The molecule has 2 aromatic carbocycles. The van der Waals surface area contributed by atoms with Crippen LogP contribution in [-0.2, 0) is 4.79 Å². The van der Waals surface area contributed by atoms with Gasteiger partial charge in [-0.15, -0.1) is 0 Å². The van der Waals surface area contributed by atoms with Crippen molar-refractivity contribution in [3.05, 3.63) is 61.4 Å². The van der Waals surface area contributed by atoms with Crippen molar-refractivity contribution in [1.82, 2.24) is 5.43 Å². The zero-order valence-electron chi connectivity index (χ0n) is 11.2. The molecule has 22 heavy (non-hydrogen) atoms. The van der Waals surface area contributed by atoms with Crippen LogP contribution in [0.5, 0.6) is 5.75 Å². The molecule has 0 saturated heterocycles. The van der Waals surface area contributed by atoms with Gasteiger partial charge in [-0.05, 0) is 49.6 Å². The summed E-state index contributed by atoms with van der Waals surface area (Å²) >= 11 is 10.1. The number of carbonyl (C=O) groups is 1. The van der Waals surface area contributed by atoms with Gasteiger partial charge < -0.3 is 4.74 Å². The van der Waals surface area contributed by atoms with Gasteiger partial charge in [-0.25, -0.2) is 5.43 Å². The predicted octanol–water partition coefficient (Wildman–Crippen LogP) is 4.50. The summed E-state index contributed by atoms with van der Waals surface area (Å²) in [6.45, 7) is -0.134. The number of nitrogens with one attached hydrogen (secondary N) is 1. The molecule has 114 valence electrons. The molecule has 0 aliphatic carbocycles. The van der Waals surface area contributed by atoms with Gasteiger partial charge in [0.15, 0.2) is 6.61 Å². The minimum atomic E-state index is -0.339. The summed E-state index contributed by atoms with van der Waals surface area (Å²) in [4.78, 5) is 11.7. The van der Waals surface area contributed by atoms with E-state index in [2.05, 4.69) is 58.3 Å². The summed E-state index contributed by atoms with van der Waals surface area (Å²) in [7, 11) is 0. The largest absolute Gasteiger partial charge is 0.481 e. The van der Waals surface area contributed by atoms with E-state index in [1.54, 1.807) is 6.21 Å². The van der Waals surface area contributed by atoms with Gasteiger partial charge in [0, 0.05) is 4.47 Å². The lowest BCUT2D eigenvalue weighted by molar-refractivity contribution is -0.123. The minimum absolute atomic E-state index is 0.134. The molecule has 0 aromatic heterocycles. The van der Waals surface area contributed by atoms with E-state index < -0.39 is 0 Å². The Balaban J connectivity index is 1.87. The molecule has 0 unspecified atom stereocenters. The fourth-order valence-corrected chi connectivity index (χ4v) is 4.04. The molecule has 2 aromatic rings. The quantitative estimate of drug-likeness (QED) is 0.495. The number of hydrazone groups is 1. The van der Waals surface area contributed by atoms with Crippen molar-refractivity contribution < 1.29 is 9.53 Å². The number of nitrogens with zero attached hydrogens (tertiary/aromatic N) is 1. The Morgan fingerprint density at radius 1 is 1.14 bits per heavy atom. The maximum Gasteiger partial charge on any atom is 0.277 e. The molecule has 0 aliphatic rings. The highest BCUT2D eigenvalue weighted by molar-refractivity contribution is 9.11. The van der Waals surface area contributed by atoms with Crippen molar-refractivity contribution in [2.24, 2.45) is 5.10 Å². The number of rotatable bonds is 5. The lowest BCUT2D eigenvalue weighted by atomic mass is 10.2. The SMILES string of the molecule is O=C(COc1c(Br)cc(Br)cc1Br)N/N=C\c1ccccc1. The summed E-state index contributed by atoms with van der Waals surface area (Å²) in [5, 5.41) is 3.88. The van der Waals surface area contributed by atoms with Crippen LogP contribution in [0.4, 0.5) is 0 Å². The second kappa shape index (κ2) is 8.45. The first-order valence-electron chi connectivity index (χ1n) is 6.20. The molecule has 1 N–H and O–H groups in total. The Hall–Kier alpha value is -1.18. The van der Waals surface area contributed by atoms with Crippen molar-refractivity contribution in [3.8, 4) is 5.75 Å². The second-order valence-electron chi connectivity index (χ2n) is 4.19. The number of halogens is 3. The molecule has 2 rings (SSSR count). The first-order chi connectivity index (χ1) is 10.6. The predicted molar refractivity (Wildman–Crippen MR) is 97.2 cm³/mol. The second-order valence-corrected chi connectivity index (χ2v) is 6.82. The molecule has 7 heteroatoms. The van der Waals surface area contributed by atoms with Crippen LogP contribution >= 0.6 is 47.8 Å². The van der Waals surface area contributed by atoms with Gasteiger partial charge in [0.05, 0.1) is 15.2 Å². The molecular weight excluding hydrogens is 480 g/mol. The van der Waals surface area contributed by atoms with Crippen LogP contribution in [0.25, 0.3) is 0 Å². The molecule has 0 bridgehead atoms. The van der Waals surface area contributed by atoms with Gasteiger partial charge in [0.1, 0.15) is 5.75 Å². The lowest BCUT2D eigenvalue weighted by Crippen LogP contribution is -2.24. The number of hydrogen-bond acceptors (Lipinski definition) is 3. The summed E-state index contributed by atoms with van der Waals surface area (Å²) in [6.07, 6.45) is 1.57. The molecule has 4 nitrogen and oxygen atoms in total. The highest BCUT2D eigenvalue weighted by Gasteiger charge is 2.10. The Labute approximate surface area is 153 Å². The average molecular weight is 491 g/mol. The third-order valence-corrected chi connectivity index (χ3v) is 4.15. The lowest BCUT2D eigenvalue weighted by Gasteiger charge is -2.09. The normalized spacial score (nSPS) is 10.7. The van der Waals surface area contributed by atoms with E-state index in [9.17, 15) is 4.79 Å². The molecule has 0 heterocycles. The average Bonchev–Trinajstić information content (AvgIpc) is 2.47. The maximum absolute atomic E-state index is 11.7. The van der Waals surface area contributed by atoms with Gasteiger partial charge in [-0.1, -0.05) is 46.3 Å². The van der Waals surface area contributed by atoms with Crippen molar-refractivity contribution in [3.63, 3.8) is 0 Å². The molecule has 0 fully saturated rings. The van der Waals surface area contributed by atoms with Gasteiger partial charge >= 0.3 is 0 Å². The first-order valence-corrected chi connectivity index (χ1v) is 8.58. The molecule has 0 radical (unpaired) electrons. The smallest absolute Gasteiger partial charge is 0.277 e. The van der Waals surface area contributed by atoms with Gasteiger partial charge in [-0.3, -0.25) is 4.79 Å². The Morgan fingerprint density at radius 2 is 1.77 bits per heavy atom. The van der Waals surface area contributed by atoms with E-state index in [1.165, 1.54) is 0 Å². The van der Waals surface area contributed by atoms with Crippen molar-refractivity contribution in [1.29, 1.82) is 0 Å². The monoisotopic (exact) mass is 488 g/mol. The Kier molecular flexibility index (Phi) is 6.60. The molecule has 0 aliphatic heterocycles. The van der Waals surface area contributed by atoms with E-state index in [0.717, 1.165) is 19.0 Å². The number of amides is 1. The zero-order chi connectivity index (χ0) is 15.9. The standard InChI is InChI=1S/C15H11Br3N2O2/c16-11-6-12(17)15(13(18)7-11)22-9-14(21)20-19-8-10-4-2-1-3-5-10/h1-8H,9H2,(H,20,21)/b19-8-. The summed E-state index contributed by atoms with van der Waals surface area (Å²) in [5.74, 6) is 0.222. The van der Waals surface area contributed by atoms with Crippen molar-refractivity contribution in [2.75, 3.05) is 6.61 Å². The number of hydrogen-bond donors (Lipinski definition) is 1. The van der Waals surface area contributed by atoms with Crippen LogP contribution < -0.4 is 10.2 Å². The van der Waals surface area contributed by atoms with Crippen LogP contribution in [0.1, 0.15) is 5.56 Å². The topological polar surface area (TPSA) is 50.7 Å². The fraction of sp³-hybridized carbons (Fsp3) is 0.0667. The van der Waals surface area contributed by atoms with Crippen molar-refractivity contribution >= 4 is 59.9 Å². The van der Waals surface area contributed by atoms with Gasteiger partial charge in [0.25, 0.3) is 5.91 Å². The Morgan fingerprint density at radius 3 is 2.41 bits per heavy atom. The third-order valence-electron chi connectivity index (χ3n) is 2.51. The molecule has 1 amide bonds. The number of benzene rings is 2. The summed E-state index contributed by atoms with van der Waals surface area (Å²) in [6, 6.07) is 13.2. The van der Waals surface area contributed by atoms with E-state index in [0.29, 0.717) is 5.75 Å². The van der Waals surface area contributed by atoms with Crippen LogP contribution in [0.15, 0.2) is 61.0 Å². The molecule has 0 spiro atoms.